The normalized spacial score (nSPS) is 22.3. The highest BCUT2D eigenvalue weighted by Gasteiger charge is 2.24. The van der Waals surface area contributed by atoms with E-state index in [1.807, 2.05) is 25.2 Å². The van der Waals surface area contributed by atoms with Crippen LogP contribution >= 0.6 is 11.6 Å². The summed E-state index contributed by atoms with van der Waals surface area (Å²) >= 11 is 6.13. The molecule has 2 N–H and O–H groups in total. The second-order valence-electron chi connectivity index (χ2n) is 7.79. The summed E-state index contributed by atoms with van der Waals surface area (Å²) < 4.78 is 0. The lowest BCUT2D eigenvalue weighted by Crippen LogP contribution is -2.47. The molecule has 6 heteroatoms. The van der Waals surface area contributed by atoms with E-state index in [1.54, 1.807) is 0 Å². The number of halogens is 1. The summed E-state index contributed by atoms with van der Waals surface area (Å²) in [5.74, 6) is 1.69. The lowest BCUT2D eigenvalue weighted by molar-refractivity contribution is 0.185. The van der Waals surface area contributed by atoms with Gasteiger partial charge in [0.25, 0.3) is 0 Å². The Morgan fingerprint density at radius 1 is 1.22 bits per heavy atom. The first-order chi connectivity index (χ1) is 13.2. The van der Waals surface area contributed by atoms with Gasteiger partial charge in [0.2, 0.25) is 0 Å². The number of rotatable bonds is 6. The van der Waals surface area contributed by atoms with Crippen molar-refractivity contribution in [2.75, 3.05) is 51.2 Å². The molecule has 0 spiro atoms. The zero-order valence-electron chi connectivity index (χ0n) is 16.8. The molecule has 1 unspecified atom stereocenters. The molecule has 0 radical (unpaired) electrons. The van der Waals surface area contributed by atoms with E-state index in [0.717, 1.165) is 43.0 Å². The van der Waals surface area contributed by atoms with E-state index in [2.05, 4.69) is 38.4 Å². The molecule has 1 aromatic rings. The fraction of sp³-hybridized carbons (Fsp3) is 0.667. The minimum atomic E-state index is 0.418. The number of hydrogen-bond acceptors (Lipinski definition) is 3. The summed E-state index contributed by atoms with van der Waals surface area (Å²) in [7, 11) is 1.86. The van der Waals surface area contributed by atoms with Crippen molar-refractivity contribution in [3.8, 4) is 0 Å². The van der Waals surface area contributed by atoms with E-state index in [-0.39, 0.29) is 0 Å². The standard InChI is InChI=1S/C21H34ClN5/c1-3-10-26-11-7-17(8-12-26)15-24-21(23-2)25-19-9-13-27(16-19)20-6-4-5-18(22)14-20/h4-6,14,17,19H,3,7-13,15-16H2,1-2H3,(H2,23,24,25). The molecule has 0 aliphatic carbocycles. The zero-order valence-corrected chi connectivity index (χ0v) is 17.5. The molecule has 2 aliphatic heterocycles. The number of hydrogen-bond donors (Lipinski definition) is 2. The summed E-state index contributed by atoms with van der Waals surface area (Å²) in [5.41, 5.74) is 1.20. The maximum Gasteiger partial charge on any atom is 0.191 e. The van der Waals surface area contributed by atoms with E-state index in [9.17, 15) is 0 Å². The van der Waals surface area contributed by atoms with Gasteiger partial charge in [-0.3, -0.25) is 4.99 Å². The molecule has 5 nitrogen and oxygen atoms in total. The second-order valence-corrected chi connectivity index (χ2v) is 8.23. The van der Waals surface area contributed by atoms with E-state index >= 15 is 0 Å². The zero-order chi connectivity index (χ0) is 19.1. The Kier molecular flexibility index (Phi) is 7.65. The Bertz CT molecular complexity index is 612. The van der Waals surface area contributed by atoms with Gasteiger partial charge in [-0.15, -0.1) is 0 Å². The molecular formula is C21H34ClN5. The van der Waals surface area contributed by atoms with Crippen LogP contribution in [0.5, 0.6) is 0 Å². The number of nitrogens with one attached hydrogen (secondary N) is 2. The predicted molar refractivity (Wildman–Crippen MR) is 116 cm³/mol. The summed E-state index contributed by atoms with van der Waals surface area (Å²) in [6, 6.07) is 8.54. The molecule has 2 fully saturated rings. The Morgan fingerprint density at radius 2 is 2.04 bits per heavy atom. The van der Waals surface area contributed by atoms with Crippen LogP contribution in [0.2, 0.25) is 5.02 Å². The van der Waals surface area contributed by atoms with Gasteiger partial charge in [-0.25, -0.2) is 0 Å². The van der Waals surface area contributed by atoms with Crippen molar-refractivity contribution in [2.45, 2.75) is 38.6 Å². The number of benzene rings is 1. The smallest absolute Gasteiger partial charge is 0.191 e. The van der Waals surface area contributed by atoms with E-state index in [1.165, 1.54) is 44.6 Å². The van der Waals surface area contributed by atoms with Crippen LogP contribution in [0.15, 0.2) is 29.3 Å². The first kappa shape index (κ1) is 20.3. The van der Waals surface area contributed by atoms with Gasteiger partial charge < -0.3 is 20.4 Å². The highest BCUT2D eigenvalue weighted by Crippen LogP contribution is 2.23. The average Bonchev–Trinajstić information content (AvgIpc) is 3.15. The van der Waals surface area contributed by atoms with Crippen molar-refractivity contribution in [1.29, 1.82) is 0 Å². The second kappa shape index (κ2) is 10.2. The number of nitrogens with zero attached hydrogens (tertiary/aromatic N) is 3. The third kappa shape index (κ3) is 6.01. The fourth-order valence-electron chi connectivity index (χ4n) is 4.14. The van der Waals surface area contributed by atoms with Gasteiger partial charge in [0.15, 0.2) is 5.96 Å². The molecule has 0 amide bonds. The molecule has 1 atom stereocenters. The van der Waals surface area contributed by atoms with Crippen molar-refractivity contribution < 1.29 is 0 Å². The van der Waals surface area contributed by atoms with Crippen LogP contribution in [0.3, 0.4) is 0 Å². The fourth-order valence-corrected chi connectivity index (χ4v) is 4.33. The van der Waals surface area contributed by atoms with E-state index in [4.69, 9.17) is 11.6 Å². The maximum absolute atomic E-state index is 6.13. The van der Waals surface area contributed by atoms with Gasteiger partial charge in [-0.05, 0) is 69.4 Å². The average molecular weight is 392 g/mol. The molecule has 0 bridgehead atoms. The van der Waals surface area contributed by atoms with Gasteiger partial charge in [-0.1, -0.05) is 24.6 Å². The molecule has 27 heavy (non-hydrogen) atoms. The molecular weight excluding hydrogens is 358 g/mol. The van der Waals surface area contributed by atoms with Crippen LogP contribution in [0.25, 0.3) is 0 Å². The Labute approximate surface area is 169 Å². The van der Waals surface area contributed by atoms with Crippen LogP contribution in [0.4, 0.5) is 5.69 Å². The van der Waals surface area contributed by atoms with Crippen molar-refractivity contribution in [3.05, 3.63) is 29.3 Å². The molecule has 3 rings (SSSR count). The summed E-state index contributed by atoms with van der Waals surface area (Å²) in [5, 5.41) is 7.96. The van der Waals surface area contributed by atoms with Crippen molar-refractivity contribution >= 4 is 23.2 Å². The van der Waals surface area contributed by atoms with Gasteiger partial charge in [0.1, 0.15) is 0 Å². The topological polar surface area (TPSA) is 42.9 Å². The van der Waals surface area contributed by atoms with Crippen LogP contribution in [0, 0.1) is 5.92 Å². The van der Waals surface area contributed by atoms with Crippen molar-refractivity contribution in [2.24, 2.45) is 10.9 Å². The monoisotopic (exact) mass is 391 g/mol. The number of anilines is 1. The summed E-state index contributed by atoms with van der Waals surface area (Å²) in [6.45, 7) is 9.03. The van der Waals surface area contributed by atoms with E-state index < -0.39 is 0 Å². The highest BCUT2D eigenvalue weighted by atomic mass is 35.5. The molecule has 1 aromatic carbocycles. The number of piperidine rings is 1. The van der Waals surface area contributed by atoms with Crippen LogP contribution in [-0.2, 0) is 0 Å². The number of guanidine groups is 1. The minimum Gasteiger partial charge on any atom is -0.369 e. The van der Waals surface area contributed by atoms with Crippen LogP contribution in [0.1, 0.15) is 32.6 Å². The molecule has 150 valence electrons. The molecule has 0 saturated carbocycles. The van der Waals surface area contributed by atoms with Gasteiger partial charge in [-0.2, -0.15) is 0 Å². The maximum atomic E-state index is 6.13. The Balaban J connectivity index is 1.41. The van der Waals surface area contributed by atoms with Crippen molar-refractivity contribution in [3.63, 3.8) is 0 Å². The van der Waals surface area contributed by atoms with Crippen LogP contribution < -0.4 is 15.5 Å². The highest BCUT2D eigenvalue weighted by molar-refractivity contribution is 6.30. The third-order valence-corrected chi connectivity index (χ3v) is 5.97. The first-order valence-corrected chi connectivity index (χ1v) is 10.8. The minimum absolute atomic E-state index is 0.418. The third-order valence-electron chi connectivity index (χ3n) is 5.73. The number of likely N-dealkylation sites (tertiary alicyclic amines) is 1. The van der Waals surface area contributed by atoms with Crippen LogP contribution in [-0.4, -0.2) is 63.2 Å². The van der Waals surface area contributed by atoms with Gasteiger partial charge >= 0.3 is 0 Å². The molecule has 2 heterocycles. The van der Waals surface area contributed by atoms with Gasteiger partial charge in [0.05, 0.1) is 0 Å². The molecule has 0 aromatic heterocycles. The van der Waals surface area contributed by atoms with Crippen molar-refractivity contribution in [1.82, 2.24) is 15.5 Å². The number of aliphatic imine (C=N–C) groups is 1. The quantitative estimate of drug-likeness (QED) is 0.577. The van der Waals surface area contributed by atoms with E-state index in [0.29, 0.717) is 6.04 Å². The SMILES string of the molecule is CCCN1CCC(CNC(=NC)NC2CCN(c3cccc(Cl)c3)C2)CC1. The van der Waals surface area contributed by atoms with Gasteiger partial charge in [0, 0.05) is 43.4 Å². The first-order valence-electron chi connectivity index (χ1n) is 10.4. The predicted octanol–water partition coefficient (Wildman–Crippen LogP) is 3.21. The Morgan fingerprint density at radius 3 is 2.74 bits per heavy atom. The molecule has 2 aliphatic rings. The molecule has 2 saturated heterocycles. The lowest BCUT2D eigenvalue weighted by atomic mass is 9.97. The Hall–Kier alpha value is -1.46. The summed E-state index contributed by atoms with van der Waals surface area (Å²) in [6.07, 6.45) is 4.95. The largest absolute Gasteiger partial charge is 0.369 e. The lowest BCUT2D eigenvalue weighted by Gasteiger charge is -2.32. The summed E-state index contributed by atoms with van der Waals surface area (Å²) in [4.78, 5) is 9.42.